The molecule has 1 saturated heterocycles. The van der Waals surface area contributed by atoms with Gasteiger partial charge in [0, 0.05) is 23.9 Å². The monoisotopic (exact) mass is 420 g/mol. The zero-order valence-corrected chi connectivity index (χ0v) is 18.0. The maximum absolute atomic E-state index is 12.8. The van der Waals surface area contributed by atoms with E-state index in [2.05, 4.69) is 20.4 Å². The largest absolute Gasteiger partial charge is 0.494 e. The third-order valence-electron chi connectivity index (χ3n) is 5.50. The Hall–Kier alpha value is -3.19. The molecule has 162 valence electrons. The Morgan fingerprint density at radius 2 is 2.13 bits per heavy atom. The van der Waals surface area contributed by atoms with Gasteiger partial charge >= 0.3 is 0 Å². The van der Waals surface area contributed by atoms with Crippen LogP contribution in [0.5, 0.6) is 5.75 Å². The summed E-state index contributed by atoms with van der Waals surface area (Å²) in [4.78, 5) is 19.6. The maximum Gasteiger partial charge on any atom is 0.241 e. The van der Waals surface area contributed by atoms with Gasteiger partial charge in [0.05, 0.1) is 19.1 Å². The van der Waals surface area contributed by atoms with E-state index >= 15 is 0 Å². The number of anilines is 1. The molecule has 0 bridgehead atoms. The Morgan fingerprint density at radius 1 is 1.26 bits per heavy atom. The first-order valence-electron chi connectivity index (χ1n) is 10.8. The number of hydrogen-bond donors (Lipinski definition) is 1. The average molecular weight is 421 g/mol. The van der Waals surface area contributed by atoms with Crippen molar-refractivity contribution in [2.45, 2.75) is 33.2 Å². The van der Waals surface area contributed by atoms with Crippen LogP contribution in [0.15, 0.2) is 53.1 Å². The van der Waals surface area contributed by atoms with E-state index in [1.807, 2.05) is 62.4 Å². The highest BCUT2D eigenvalue weighted by molar-refractivity contribution is 5.92. The van der Waals surface area contributed by atoms with Crippen LogP contribution in [0.25, 0.3) is 11.4 Å². The average Bonchev–Trinajstić information content (AvgIpc) is 3.23. The number of benzene rings is 2. The highest BCUT2D eigenvalue weighted by Gasteiger charge is 2.27. The number of carbonyl (C=O) groups excluding carboxylic acids is 1. The summed E-state index contributed by atoms with van der Waals surface area (Å²) in [5.74, 6) is 1.89. The molecule has 1 aromatic heterocycles. The molecule has 1 aliphatic rings. The fourth-order valence-electron chi connectivity index (χ4n) is 3.93. The van der Waals surface area contributed by atoms with Crippen molar-refractivity contribution in [3.05, 3.63) is 60.0 Å². The maximum atomic E-state index is 12.8. The molecule has 0 aliphatic carbocycles. The van der Waals surface area contributed by atoms with Gasteiger partial charge in [-0.1, -0.05) is 35.5 Å². The summed E-state index contributed by atoms with van der Waals surface area (Å²) >= 11 is 0. The van der Waals surface area contributed by atoms with Crippen molar-refractivity contribution in [2.75, 3.05) is 25.0 Å². The highest BCUT2D eigenvalue weighted by Crippen LogP contribution is 2.24. The van der Waals surface area contributed by atoms with Crippen LogP contribution in [0.3, 0.4) is 0 Å². The molecule has 1 atom stereocenters. The first kappa shape index (κ1) is 21.1. The molecular weight excluding hydrogens is 392 g/mol. The second-order valence-electron chi connectivity index (χ2n) is 7.85. The fourth-order valence-corrected chi connectivity index (χ4v) is 3.93. The summed E-state index contributed by atoms with van der Waals surface area (Å²) in [5.41, 5.74) is 2.84. The van der Waals surface area contributed by atoms with Crippen molar-refractivity contribution >= 4 is 11.6 Å². The van der Waals surface area contributed by atoms with Crippen LogP contribution >= 0.6 is 0 Å². The van der Waals surface area contributed by atoms with Gasteiger partial charge in [-0.2, -0.15) is 4.98 Å². The molecule has 1 aliphatic heterocycles. The summed E-state index contributed by atoms with van der Waals surface area (Å²) in [5, 5.41) is 7.17. The van der Waals surface area contributed by atoms with Crippen LogP contribution in [0.2, 0.25) is 0 Å². The summed E-state index contributed by atoms with van der Waals surface area (Å²) < 4.78 is 11.0. The number of aromatic nitrogens is 2. The number of hydrogen-bond acceptors (Lipinski definition) is 6. The number of ether oxygens (including phenoxy) is 1. The molecule has 7 heteroatoms. The Morgan fingerprint density at radius 3 is 2.97 bits per heavy atom. The number of nitrogens with zero attached hydrogens (tertiary/aromatic N) is 3. The molecule has 2 heterocycles. The van der Waals surface area contributed by atoms with E-state index in [9.17, 15) is 4.79 Å². The third kappa shape index (κ3) is 5.30. The minimum absolute atomic E-state index is 0.0319. The molecule has 1 fully saturated rings. The summed E-state index contributed by atoms with van der Waals surface area (Å²) in [6, 6.07) is 15.5. The van der Waals surface area contributed by atoms with Gasteiger partial charge in [0.1, 0.15) is 5.75 Å². The lowest BCUT2D eigenvalue weighted by Gasteiger charge is -2.30. The number of aryl methyl sites for hydroxylation is 1. The van der Waals surface area contributed by atoms with Crippen molar-refractivity contribution < 1.29 is 14.1 Å². The summed E-state index contributed by atoms with van der Waals surface area (Å²) in [7, 11) is 0. The van der Waals surface area contributed by atoms with Crippen molar-refractivity contribution in [1.29, 1.82) is 0 Å². The SMILES string of the molecule is CCOc1cccc(NC(=O)C2CCCN(Cc3nc(-c4ccccc4C)no3)C2)c1. The van der Waals surface area contributed by atoms with Gasteiger partial charge in [0.2, 0.25) is 17.6 Å². The molecule has 0 radical (unpaired) electrons. The number of nitrogens with one attached hydrogen (secondary N) is 1. The molecule has 0 spiro atoms. The Labute approximate surface area is 182 Å². The number of rotatable bonds is 7. The lowest BCUT2D eigenvalue weighted by atomic mass is 9.97. The fraction of sp³-hybridized carbons (Fsp3) is 0.375. The molecule has 3 aromatic rings. The minimum atomic E-state index is -0.0803. The van der Waals surface area contributed by atoms with Gasteiger partial charge in [0.15, 0.2) is 0 Å². The lowest BCUT2D eigenvalue weighted by Crippen LogP contribution is -2.40. The molecule has 4 rings (SSSR count). The molecule has 0 saturated carbocycles. The van der Waals surface area contributed by atoms with Crippen LogP contribution in [0.1, 0.15) is 31.2 Å². The second kappa shape index (κ2) is 9.75. The molecular formula is C24H28N4O3. The van der Waals surface area contributed by atoms with Crippen molar-refractivity contribution in [3.8, 4) is 17.1 Å². The number of likely N-dealkylation sites (tertiary alicyclic amines) is 1. The minimum Gasteiger partial charge on any atom is -0.494 e. The van der Waals surface area contributed by atoms with Crippen molar-refractivity contribution in [1.82, 2.24) is 15.0 Å². The highest BCUT2D eigenvalue weighted by atomic mass is 16.5. The van der Waals surface area contributed by atoms with Crippen LogP contribution in [-0.2, 0) is 11.3 Å². The Bertz CT molecular complexity index is 1030. The van der Waals surface area contributed by atoms with E-state index in [1.165, 1.54) is 0 Å². The predicted molar refractivity (Wildman–Crippen MR) is 119 cm³/mol. The predicted octanol–water partition coefficient (Wildman–Crippen LogP) is 4.29. The van der Waals surface area contributed by atoms with E-state index in [0.717, 1.165) is 42.0 Å². The quantitative estimate of drug-likeness (QED) is 0.614. The van der Waals surface area contributed by atoms with Crippen LogP contribution in [-0.4, -0.2) is 40.6 Å². The Balaban J connectivity index is 1.36. The first-order valence-corrected chi connectivity index (χ1v) is 10.8. The lowest BCUT2D eigenvalue weighted by molar-refractivity contribution is -0.121. The van der Waals surface area contributed by atoms with Gasteiger partial charge in [0.25, 0.3) is 0 Å². The number of piperidine rings is 1. The van der Waals surface area contributed by atoms with Crippen molar-refractivity contribution in [2.24, 2.45) is 5.92 Å². The van der Waals surface area contributed by atoms with Crippen molar-refractivity contribution in [3.63, 3.8) is 0 Å². The van der Waals surface area contributed by atoms with E-state index in [0.29, 0.717) is 31.4 Å². The Kier molecular flexibility index (Phi) is 6.62. The topological polar surface area (TPSA) is 80.5 Å². The van der Waals surface area contributed by atoms with E-state index in [4.69, 9.17) is 9.26 Å². The zero-order valence-electron chi connectivity index (χ0n) is 18.0. The van der Waals surface area contributed by atoms with Gasteiger partial charge in [-0.3, -0.25) is 9.69 Å². The van der Waals surface area contributed by atoms with E-state index < -0.39 is 0 Å². The summed E-state index contributed by atoms with van der Waals surface area (Å²) in [6.07, 6.45) is 1.82. The van der Waals surface area contributed by atoms with Gasteiger partial charge in [-0.15, -0.1) is 0 Å². The van der Waals surface area contributed by atoms with Gasteiger partial charge in [-0.05, 0) is 50.9 Å². The molecule has 2 aromatic carbocycles. The molecule has 31 heavy (non-hydrogen) atoms. The molecule has 1 N–H and O–H groups in total. The van der Waals surface area contributed by atoms with Gasteiger partial charge in [-0.25, -0.2) is 0 Å². The van der Waals surface area contributed by atoms with Crippen LogP contribution < -0.4 is 10.1 Å². The number of amides is 1. The van der Waals surface area contributed by atoms with Gasteiger partial charge < -0.3 is 14.6 Å². The second-order valence-corrected chi connectivity index (χ2v) is 7.85. The molecule has 7 nitrogen and oxygen atoms in total. The molecule has 1 amide bonds. The van der Waals surface area contributed by atoms with Crippen LogP contribution in [0, 0.1) is 12.8 Å². The van der Waals surface area contributed by atoms with E-state index in [1.54, 1.807) is 0 Å². The molecule has 1 unspecified atom stereocenters. The standard InChI is InChI=1S/C24H28N4O3/c1-3-30-20-11-6-10-19(14-20)25-24(29)18-9-7-13-28(15-18)16-22-26-23(27-31-22)21-12-5-4-8-17(21)2/h4-6,8,10-12,14,18H,3,7,9,13,15-16H2,1-2H3,(H,25,29). The smallest absolute Gasteiger partial charge is 0.241 e. The van der Waals surface area contributed by atoms with E-state index in [-0.39, 0.29) is 11.8 Å². The first-order chi connectivity index (χ1) is 15.1. The summed E-state index contributed by atoms with van der Waals surface area (Å²) in [6.45, 7) is 6.68. The number of carbonyl (C=O) groups is 1. The third-order valence-corrected chi connectivity index (χ3v) is 5.50. The zero-order chi connectivity index (χ0) is 21.6. The van der Waals surface area contributed by atoms with Crippen LogP contribution in [0.4, 0.5) is 5.69 Å². The normalized spacial score (nSPS) is 16.8.